The highest BCUT2D eigenvalue weighted by Crippen LogP contribution is 2.26. The molecule has 4 rings (SSSR count). The number of ether oxygens (including phenoxy) is 1. The molecular formula is C22H23ClN4O5S. The van der Waals surface area contributed by atoms with E-state index in [1.807, 2.05) is 13.8 Å². The van der Waals surface area contributed by atoms with Crippen LogP contribution in [0.5, 0.6) is 6.08 Å². The van der Waals surface area contributed by atoms with E-state index in [9.17, 15) is 13.2 Å². The Morgan fingerprint density at radius 2 is 1.82 bits per heavy atom. The molecule has 1 amide bonds. The fourth-order valence-corrected chi connectivity index (χ4v) is 5.16. The lowest BCUT2D eigenvalue weighted by atomic mass is 10.1. The Bertz CT molecular complexity index is 1270. The summed E-state index contributed by atoms with van der Waals surface area (Å²) in [6.45, 7) is 4.46. The number of hydrogen-bond acceptors (Lipinski definition) is 7. The van der Waals surface area contributed by atoms with Crippen molar-refractivity contribution in [3.63, 3.8) is 0 Å². The van der Waals surface area contributed by atoms with Crippen molar-refractivity contribution in [2.24, 2.45) is 0 Å². The molecule has 1 fully saturated rings. The third kappa shape index (κ3) is 5.02. The van der Waals surface area contributed by atoms with Crippen molar-refractivity contribution >= 4 is 27.5 Å². The zero-order valence-corrected chi connectivity index (χ0v) is 19.8. The number of amides is 1. The summed E-state index contributed by atoms with van der Waals surface area (Å²) in [5.41, 5.74) is 2.54. The second-order valence-corrected chi connectivity index (χ2v) is 10.0. The van der Waals surface area contributed by atoms with E-state index in [1.165, 1.54) is 4.31 Å². The van der Waals surface area contributed by atoms with Gasteiger partial charge in [-0.25, -0.2) is 8.42 Å². The fourth-order valence-electron chi connectivity index (χ4n) is 3.44. The van der Waals surface area contributed by atoms with Crippen molar-refractivity contribution in [2.45, 2.75) is 18.7 Å². The van der Waals surface area contributed by atoms with Crippen molar-refractivity contribution in [1.82, 2.24) is 19.3 Å². The molecule has 11 heteroatoms. The van der Waals surface area contributed by atoms with Crippen molar-refractivity contribution in [1.29, 1.82) is 0 Å². The molecule has 0 atom stereocenters. The van der Waals surface area contributed by atoms with Gasteiger partial charge in [-0.15, -0.1) is 0 Å². The van der Waals surface area contributed by atoms with Crippen molar-refractivity contribution < 1.29 is 22.5 Å². The average Bonchev–Trinajstić information content (AvgIpc) is 3.28. The highest BCUT2D eigenvalue weighted by atomic mass is 35.5. The van der Waals surface area contributed by atoms with Crippen LogP contribution in [0.3, 0.4) is 0 Å². The summed E-state index contributed by atoms with van der Waals surface area (Å²) in [5.74, 6) is -0.0380. The van der Waals surface area contributed by atoms with Crippen molar-refractivity contribution in [3.05, 3.63) is 58.6 Å². The number of halogens is 1. The Labute approximate surface area is 197 Å². The van der Waals surface area contributed by atoms with Gasteiger partial charge in [0.05, 0.1) is 9.92 Å². The molecule has 33 heavy (non-hydrogen) atoms. The van der Waals surface area contributed by atoms with E-state index in [-0.39, 0.29) is 55.5 Å². The minimum absolute atomic E-state index is 0.144. The van der Waals surface area contributed by atoms with Gasteiger partial charge in [-0.05, 0) is 49.2 Å². The second-order valence-electron chi connectivity index (χ2n) is 7.68. The number of piperazine rings is 1. The number of rotatable bonds is 6. The van der Waals surface area contributed by atoms with Gasteiger partial charge in [0, 0.05) is 31.7 Å². The number of carbonyl (C=O) groups is 1. The number of aromatic nitrogens is 2. The molecule has 0 aliphatic carbocycles. The quantitative estimate of drug-likeness (QED) is 0.523. The number of sulfonamides is 1. The Morgan fingerprint density at radius 1 is 1.09 bits per heavy atom. The number of aryl methyl sites for hydroxylation is 2. The molecule has 2 aromatic carbocycles. The maximum atomic E-state index is 12.9. The van der Waals surface area contributed by atoms with Crippen LogP contribution in [0.2, 0.25) is 5.02 Å². The van der Waals surface area contributed by atoms with Crippen LogP contribution in [-0.4, -0.2) is 66.5 Å². The Balaban J connectivity index is 1.32. The third-order valence-corrected chi connectivity index (χ3v) is 7.77. The van der Waals surface area contributed by atoms with Gasteiger partial charge in [0.15, 0.2) is 6.61 Å². The molecule has 1 aromatic heterocycles. The monoisotopic (exact) mass is 490 g/mol. The molecule has 0 saturated carbocycles. The molecule has 1 aliphatic rings. The van der Waals surface area contributed by atoms with E-state index in [4.69, 9.17) is 20.9 Å². The molecule has 0 N–H and O–H groups in total. The number of hydrogen-bond donors (Lipinski definition) is 0. The molecule has 9 nitrogen and oxygen atoms in total. The lowest BCUT2D eigenvalue weighted by Crippen LogP contribution is -2.51. The summed E-state index contributed by atoms with van der Waals surface area (Å²) in [6.07, 6.45) is -0.144. The van der Waals surface area contributed by atoms with Crippen molar-refractivity contribution in [2.75, 3.05) is 32.8 Å². The maximum absolute atomic E-state index is 12.9. The van der Waals surface area contributed by atoms with Crippen LogP contribution in [0, 0.1) is 13.8 Å². The van der Waals surface area contributed by atoms with Crippen LogP contribution in [0.4, 0.5) is 0 Å². The summed E-state index contributed by atoms with van der Waals surface area (Å²) >= 11 is 6.12. The number of benzene rings is 2. The molecule has 0 spiro atoms. The maximum Gasteiger partial charge on any atom is 0.418 e. The van der Waals surface area contributed by atoms with Gasteiger partial charge in [0.1, 0.15) is 0 Å². The first-order chi connectivity index (χ1) is 15.8. The smallest absolute Gasteiger partial charge is 0.418 e. The van der Waals surface area contributed by atoms with Crippen LogP contribution in [-0.2, 0) is 14.8 Å². The standard InChI is InChI=1S/C22H23ClN4O5S/c1-15-7-8-17(13-16(15)2)33(29,30)27-11-9-26(10-12-27)20(28)14-31-22-24-21(25-32-22)18-5-3-4-6-19(18)23/h3-8,13H,9-12,14H2,1-2H3. The van der Waals surface area contributed by atoms with Crippen LogP contribution < -0.4 is 4.74 Å². The molecule has 3 aromatic rings. The van der Waals surface area contributed by atoms with E-state index >= 15 is 0 Å². The SMILES string of the molecule is Cc1ccc(S(=O)(=O)N2CCN(C(=O)COc3nc(-c4ccccc4Cl)no3)CC2)cc1C. The molecule has 2 heterocycles. The average molecular weight is 491 g/mol. The van der Waals surface area contributed by atoms with E-state index in [0.29, 0.717) is 10.6 Å². The minimum atomic E-state index is -3.61. The Hall–Kier alpha value is -2.95. The Kier molecular flexibility index (Phi) is 6.68. The van der Waals surface area contributed by atoms with E-state index in [0.717, 1.165) is 11.1 Å². The summed E-state index contributed by atoms with van der Waals surface area (Å²) in [4.78, 5) is 18.5. The molecule has 0 bridgehead atoms. The summed E-state index contributed by atoms with van der Waals surface area (Å²) in [5, 5.41) is 4.29. The largest absolute Gasteiger partial charge is 0.439 e. The highest BCUT2D eigenvalue weighted by molar-refractivity contribution is 7.89. The Morgan fingerprint density at radius 3 is 2.52 bits per heavy atom. The molecule has 1 aliphatic heterocycles. The van der Waals surface area contributed by atoms with E-state index in [2.05, 4.69) is 10.1 Å². The first-order valence-corrected chi connectivity index (χ1v) is 12.1. The van der Waals surface area contributed by atoms with Crippen molar-refractivity contribution in [3.8, 4) is 17.5 Å². The van der Waals surface area contributed by atoms with Gasteiger partial charge in [0.2, 0.25) is 15.8 Å². The lowest BCUT2D eigenvalue weighted by Gasteiger charge is -2.33. The highest BCUT2D eigenvalue weighted by Gasteiger charge is 2.30. The van der Waals surface area contributed by atoms with E-state index in [1.54, 1.807) is 47.4 Å². The van der Waals surface area contributed by atoms with Gasteiger partial charge < -0.3 is 9.64 Å². The molecule has 1 saturated heterocycles. The minimum Gasteiger partial charge on any atom is -0.439 e. The predicted octanol–water partition coefficient (Wildman–Crippen LogP) is 2.92. The molecule has 0 radical (unpaired) electrons. The topological polar surface area (TPSA) is 106 Å². The van der Waals surface area contributed by atoms with Crippen LogP contribution in [0.1, 0.15) is 11.1 Å². The lowest BCUT2D eigenvalue weighted by molar-refractivity contribution is -0.135. The zero-order valence-electron chi connectivity index (χ0n) is 18.2. The summed E-state index contributed by atoms with van der Waals surface area (Å²) < 4.78 is 37.7. The van der Waals surface area contributed by atoms with Gasteiger partial charge in [-0.3, -0.25) is 9.32 Å². The first kappa shape index (κ1) is 23.2. The first-order valence-electron chi connectivity index (χ1n) is 10.3. The second kappa shape index (κ2) is 9.50. The number of nitrogens with zero attached hydrogens (tertiary/aromatic N) is 4. The van der Waals surface area contributed by atoms with E-state index < -0.39 is 10.0 Å². The number of carbonyl (C=O) groups excluding carboxylic acids is 1. The molecule has 0 unspecified atom stereocenters. The zero-order chi connectivity index (χ0) is 23.6. The summed E-state index contributed by atoms with van der Waals surface area (Å²) in [6, 6.07) is 12.1. The van der Waals surface area contributed by atoms with Crippen LogP contribution in [0.25, 0.3) is 11.4 Å². The van der Waals surface area contributed by atoms with Gasteiger partial charge in [-0.1, -0.05) is 35.0 Å². The molecule has 174 valence electrons. The predicted molar refractivity (Wildman–Crippen MR) is 121 cm³/mol. The molecular weight excluding hydrogens is 468 g/mol. The van der Waals surface area contributed by atoms with Gasteiger partial charge >= 0.3 is 6.08 Å². The summed E-state index contributed by atoms with van der Waals surface area (Å²) in [7, 11) is -3.61. The normalized spacial score (nSPS) is 14.9. The van der Waals surface area contributed by atoms with Gasteiger partial charge in [-0.2, -0.15) is 9.29 Å². The van der Waals surface area contributed by atoms with Gasteiger partial charge in [0.25, 0.3) is 5.91 Å². The third-order valence-electron chi connectivity index (χ3n) is 5.55. The fraction of sp³-hybridized carbons (Fsp3) is 0.318. The van der Waals surface area contributed by atoms with Crippen LogP contribution in [0.15, 0.2) is 51.9 Å². The van der Waals surface area contributed by atoms with Crippen LogP contribution >= 0.6 is 11.6 Å².